The van der Waals surface area contributed by atoms with Crippen molar-refractivity contribution >= 4 is 57.2 Å². The molecule has 1 saturated heterocycles. The Balaban J connectivity index is 1.51. The van der Waals surface area contributed by atoms with Gasteiger partial charge >= 0.3 is 5.97 Å². The van der Waals surface area contributed by atoms with E-state index in [9.17, 15) is 14.4 Å². The summed E-state index contributed by atoms with van der Waals surface area (Å²) in [5.41, 5.74) is 0.802. The topological polar surface area (TPSA) is 129 Å². The molecule has 14 heteroatoms. The molecule has 3 aromatic rings. The zero-order valence-electron chi connectivity index (χ0n) is 21.5. The molecule has 40 heavy (non-hydrogen) atoms. The van der Waals surface area contributed by atoms with Crippen LogP contribution < -0.4 is 5.32 Å². The van der Waals surface area contributed by atoms with E-state index < -0.39 is 35.0 Å². The van der Waals surface area contributed by atoms with Gasteiger partial charge in [-0.05, 0) is 27.1 Å². The van der Waals surface area contributed by atoms with Crippen molar-refractivity contribution in [3.05, 3.63) is 83.1 Å². The first-order valence-corrected chi connectivity index (χ1v) is 15.3. The Morgan fingerprint density at radius 3 is 2.38 bits per heavy atom. The zero-order valence-corrected chi connectivity index (χ0v) is 24.7. The van der Waals surface area contributed by atoms with E-state index in [2.05, 4.69) is 36.8 Å². The fourth-order valence-corrected chi connectivity index (χ4v) is 7.09. The van der Waals surface area contributed by atoms with Crippen molar-refractivity contribution in [2.45, 2.75) is 22.4 Å². The second-order valence-electron chi connectivity index (χ2n) is 8.89. The number of alkyl halides is 1. The molecule has 11 nitrogen and oxygen atoms in total. The number of halogens is 1. The number of hydrogen-bond donors (Lipinski definition) is 1. The predicted octanol–water partition coefficient (Wildman–Crippen LogP) is 2.66. The monoisotopic (exact) mass is 644 g/mol. The van der Waals surface area contributed by atoms with Crippen LogP contribution in [0.2, 0.25) is 0 Å². The number of methoxy groups -OCH3 is 1. The standard InChI is InChI=1S/C26H25BrN6O5S2/c1-32-25(29-30-31-32)40-15-18-14-39-24-26(37-2,28-19(34)13-27)23(36)33(24)20(18)22(35)38-21(16-9-5-3-6-10-16)17-11-7-4-8-12-17/h3-12,21,24H,13-15H2,1-2H3,(H,28,34)/t24-,26+/m1/s1. The van der Waals surface area contributed by atoms with Crippen molar-refractivity contribution < 1.29 is 23.9 Å². The Morgan fingerprint density at radius 2 is 1.82 bits per heavy atom. The smallest absolute Gasteiger partial charge is 0.356 e. The maximum absolute atomic E-state index is 14.0. The van der Waals surface area contributed by atoms with Crippen LogP contribution in [0.3, 0.4) is 0 Å². The van der Waals surface area contributed by atoms with E-state index in [0.29, 0.717) is 22.2 Å². The summed E-state index contributed by atoms with van der Waals surface area (Å²) in [7, 11) is 3.08. The molecule has 2 aliphatic rings. The Kier molecular flexibility index (Phi) is 8.59. The summed E-state index contributed by atoms with van der Waals surface area (Å²) in [6, 6.07) is 18.8. The minimum absolute atomic E-state index is 0.00300. The number of benzene rings is 2. The highest BCUT2D eigenvalue weighted by molar-refractivity contribution is 9.09. The van der Waals surface area contributed by atoms with Gasteiger partial charge in [0.2, 0.25) is 11.1 Å². The number of amides is 2. The molecule has 2 atom stereocenters. The van der Waals surface area contributed by atoms with Crippen LogP contribution in [0, 0.1) is 0 Å². The van der Waals surface area contributed by atoms with Crippen molar-refractivity contribution in [3.8, 4) is 0 Å². The Bertz CT molecular complexity index is 1400. The van der Waals surface area contributed by atoms with Gasteiger partial charge in [0.25, 0.3) is 11.6 Å². The van der Waals surface area contributed by atoms with E-state index >= 15 is 0 Å². The van der Waals surface area contributed by atoms with E-state index in [1.165, 1.54) is 40.2 Å². The normalized spacial score (nSPS) is 20.2. The summed E-state index contributed by atoms with van der Waals surface area (Å²) in [6.45, 7) is 0. The molecule has 2 aromatic carbocycles. The molecule has 1 aromatic heterocycles. The van der Waals surface area contributed by atoms with Crippen molar-refractivity contribution in [1.29, 1.82) is 0 Å². The maximum Gasteiger partial charge on any atom is 0.356 e. The lowest BCUT2D eigenvalue weighted by Gasteiger charge is -2.56. The molecule has 2 amide bonds. The van der Waals surface area contributed by atoms with Gasteiger partial charge in [-0.3, -0.25) is 14.5 Å². The number of carbonyl (C=O) groups is 3. The van der Waals surface area contributed by atoms with E-state index in [0.717, 1.165) is 11.1 Å². The molecule has 0 radical (unpaired) electrons. The number of aromatic nitrogens is 4. The van der Waals surface area contributed by atoms with Crippen LogP contribution in [0.4, 0.5) is 0 Å². The second-order valence-corrected chi connectivity index (χ2v) is 11.5. The summed E-state index contributed by atoms with van der Waals surface area (Å²) in [4.78, 5) is 41.3. The molecule has 3 heterocycles. The largest absolute Gasteiger partial charge is 0.448 e. The summed E-state index contributed by atoms with van der Waals surface area (Å²) >= 11 is 5.86. The van der Waals surface area contributed by atoms with Crippen LogP contribution in [0.25, 0.3) is 0 Å². The third kappa shape index (κ3) is 5.28. The van der Waals surface area contributed by atoms with Crippen molar-refractivity contribution in [3.63, 3.8) is 0 Å². The number of carbonyl (C=O) groups excluding carboxylic acids is 3. The molecule has 1 fully saturated rings. The Labute approximate surface area is 247 Å². The molecule has 0 bridgehead atoms. The van der Waals surface area contributed by atoms with Gasteiger partial charge in [0, 0.05) is 25.7 Å². The van der Waals surface area contributed by atoms with E-state index in [-0.39, 0.29) is 11.0 Å². The molecule has 0 spiro atoms. The number of rotatable bonds is 10. The second kappa shape index (κ2) is 12.1. The van der Waals surface area contributed by atoms with E-state index in [4.69, 9.17) is 9.47 Å². The first kappa shape index (κ1) is 28.3. The van der Waals surface area contributed by atoms with Crippen molar-refractivity contribution in [2.24, 2.45) is 7.05 Å². The maximum atomic E-state index is 14.0. The lowest BCUT2D eigenvalue weighted by Crippen LogP contribution is -2.80. The number of aryl methyl sites for hydroxylation is 1. The molecule has 1 N–H and O–H groups in total. The molecule has 2 aliphatic heterocycles. The van der Waals surface area contributed by atoms with Gasteiger partial charge in [-0.25, -0.2) is 9.48 Å². The molecule has 0 saturated carbocycles. The number of hydrogen-bond acceptors (Lipinski definition) is 10. The van der Waals surface area contributed by atoms with Gasteiger partial charge in [-0.15, -0.1) is 16.9 Å². The fourth-order valence-electron chi connectivity index (χ4n) is 4.53. The number of nitrogens with zero attached hydrogens (tertiary/aromatic N) is 5. The summed E-state index contributed by atoms with van der Waals surface area (Å²) in [5, 5.41) is 14.1. The number of ether oxygens (including phenoxy) is 2. The number of fused-ring (bicyclic) bond motifs is 1. The minimum Gasteiger partial charge on any atom is -0.448 e. The molecule has 0 unspecified atom stereocenters. The minimum atomic E-state index is -1.59. The average Bonchev–Trinajstić information content (AvgIpc) is 3.41. The third-order valence-electron chi connectivity index (χ3n) is 6.46. The van der Waals surface area contributed by atoms with Crippen LogP contribution in [-0.2, 0) is 30.9 Å². The Morgan fingerprint density at radius 1 is 1.18 bits per heavy atom. The van der Waals surface area contributed by atoms with Crippen LogP contribution in [0.1, 0.15) is 17.2 Å². The SMILES string of the molecule is CO[C@@]1(NC(=O)CBr)C(=O)N2C(C(=O)OC(c3ccccc3)c3ccccc3)=C(CSc3nnnn3C)CS[C@@H]21. The quantitative estimate of drug-likeness (QED) is 0.116. The third-order valence-corrected chi connectivity index (χ3v) is 9.44. The predicted molar refractivity (Wildman–Crippen MR) is 152 cm³/mol. The van der Waals surface area contributed by atoms with Gasteiger partial charge in [-0.2, -0.15) is 0 Å². The average molecular weight is 646 g/mol. The van der Waals surface area contributed by atoms with Crippen molar-refractivity contribution in [1.82, 2.24) is 30.4 Å². The summed E-state index contributed by atoms with van der Waals surface area (Å²) < 4.78 is 13.3. The first-order valence-electron chi connectivity index (χ1n) is 12.1. The van der Waals surface area contributed by atoms with E-state index in [1.54, 1.807) is 7.05 Å². The lowest BCUT2D eigenvalue weighted by atomic mass is 9.98. The van der Waals surface area contributed by atoms with Gasteiger partial charge in [-0.1, -0.05) is 88.4 Å². The first-order chi connectivity index (χ1) is 19.4. The highest BCUT2D eigenvalue weighted by Crippen LogP contribution is 2.48. The van der Waals surface area contributed by atoms with Crippen LogP contribution in [0.15, 0.2) is 77.1 Å². The molecule has 0 aliphatic carbocycles. The molecular formula is C26H25BrN6O5S2. The van der Waals surface area contributed by atoms with Crippen molar-refractivity contribution in [2.75, 3.05) is 23.9 Å². The van der Waals surface area contributed by atoms with Gasteiger partial charge < -0.3 is 14.8 Å². The number of nitrogens with one attached hydrogen (secondary N) is 1. The fraction of sp³-hybridized carbons (Fsp3) is 0.308. The highest BCUT2D eigenvalue weighted by Gasteiger charge is 2.66. The molecule has 5 rings (SSSR count). The van der Waals surface area contributed by atoms with Gasteiger partial charge in [0.05, 0.1) is 5.33 Å². The molecular weight excluding hydrogens is 620 g/mol. The van der Waals surface area contributed by atoms with Crippen LogP contribution in [-0.4, -0.2) is 77.9 Å². The van der Waals surface area contributed by atoms with Crippen LogP contribution in [0.5, 0.6) is 0 Å². The lowest BCUT2D eigenvalue weighted by molar-refractivity contribution is -0.192. The molecule has 208 valence electrons. The van der Waals surface area contributed by atoms with E-state index in [1.807, 2.05) is 60.7 Å². The Hall–Kier alpha value is -3.20. The van der Waals surface area contributed by atoms with Gasteiger partial charge in [0.1, 0.15) is 11.1 Å². The summed E-state index contributed by atoms with van der Waals surface area (Å²) in [6.07, 6.45) is -0.705. The highest BCUT2D eigenvalue weighted by atomic mass is 79.9. The number of tetrazole rings is 1. The number of thioether (sulfide) groups is 2. The van der Waals surface area contributed by atoms with Crippen LogP contribution >= 0.6 is 39.5 Å². The number of β-lactam (4-membered cyclic amide) rings is 1. The summed E-state index contributed by atoms with van der Waals surface area (Å²) in [5.74, 6) is -0.870. The number of esters is 1. The zero-order chi connectivity index (χ0) is 28.3. The van der Waals surface area contributed by atoms with Gasteiger partial charge in [0.15, 0.2) is 6.10 Å².